The standard InChI is InChI=1S/C12H16O3S/c1-8-3-4-11(12(16)5-8)10(6-13)7-15-9(2)14/h3-5,10,13,16H,6-7H2,1-2H3/t10-/m0/s1. The first-order chi connectivity index (χ1) is 7.54. The summed E-state index contributed by atoms with van der Waals surface area (Å²) >= 11 is 4.35. The average Bonchev–Trinajstić information content (AvgIpc) is 2.21. The Morgan fingerprint density at radius 2 is 2.25 bits per heavy atom. The van der Waals surface area contributed by atoms with Gasteiger partial charge in [0.15, 0.2) is 0 Å². The Morgan fingerprint density at radius 1 is 1.56 bits per heavy atom. The van der Waals surface area contributed by atoms with Gasteiger partial charge < -0.3 is 9.84 Å². The number of hydrogen-bond donors (Lipinski definition) is 2. The van der Waals surface area contributed by atoms with E-state index in [0.29, 0.717) is 0 Å². The highest BCUT2D eigenvalue weighted by atomic mass is 32.1. The number of carbonyl (C=O) groups excluding carboxylic acids is 1. The van der Waals surface area contributed by atoms with Gasteiger partial charge in [-0.1, -0.05) is 17.7 Å². The Hall–Kier alpha value is -1.00. The van der Waals surface area contributed by atoms with E-state index in [1.165, 1.54) is 6.92 Å². The molecule has 0 heterocycles. The quantitative estimate of drug-likeness (QED) is 0.624. The van der Waals surface area contributed by atoms with Crippen LogP contribution < -0.4 is 0 Å². The smallest absolute Gasteiger partial charge is 0.302 e. The molecule has 4 heteroatoms. The molecule has 0 bridgehead atoms. The van der Waals surface area contributed by atoms with Crippen LogP contribution >= 0.6 is 12.6 Å². The van der Waals surface area contributed by atoms with Crippen LogP contribution in [-0.2, 0) is 9.53 Å². The number of esters is 1. The number of aliphatic hydroxyl groups is 1. The van der Waals surface area contributed by atoms with Crippen LogP contribution in [0.1, 0.15) is 24.0 Å². The van der Waals surface area contributed by atoms with Gasteiger partial charge in [-0.2, -0.15) is 0 Å². The molecule has 1 atom stereocenters. The van der Waals surface area contributed by atoms with E-state index >= 15 is 0 Å². The van der Waals surface area contributed by atoms with Crippen molar-refractivity contribution in [2.24, 2.45) is 0 Å². The molecule has 0 radical (unpaired) electrons. The third-order valence-electron chi connectivity index (χ3n) is 2.33. The van der Waals surface area contributed by atoms with Gasteiger partial charge in [0.25, 0.3) is 0 Å². The van der Waals surface area contributed by atoms with Crippen LogP contribution in [0.25, 0.3) is 0 Å². The van der Waals surface area contributed by atoms with Crippen LogP contribution in [0.2, 0.25) is 0 Å². The molecule has 1 rings (SSSR count). The minimum absolute atomic E-state index is 0.0656. The number of aryl methyl sites for hydroxylation is 1. The maximum atomic E-state index is 10.7. The van der Waals surface area contributed by atoms with E-state index in [9.17, 15) is 9.90 Å². The fourth-order valence-electron chi connectivity index (χ4n) is 1.46. The molecule has 1 aromatic carbocycles. The van der Waals surface area contributed by atoms with Gasteiger partial charge in [-0.25, -0.2) is 0 Å². The van der Waals surface area contributed by atoms with Crippen molar-refractivity contribution in [1.29, 1.82) is 0 Å². The lowest BCUT2D eigenvalue weighted by molar-refractivity contribution is -0.141. The molecule has 0 aromatic heterocycles. The predicted molar refractivity (Wildman–Crippen MR) is 64.9 cm³/mol. The number of hydrogen-bond acceptors (Lipinski definition) is 4. The minimum Gasteiger partial charge on any atom is -0.465 e. The van der Waals surface area contributed by atoms with E-state index in [-0.39, 0.29) is 25.1 Å². The summed E-state index contributed by atoms with van der Waals surface area (Å²) in [5, 5.41) is 9.26. The third kappa shape index (κ3) is 3.54. The van der Waals surface area contributed by atoms with E-state index < -0.39 is 0 Å². The molecule has 0 saturated heterocycles. The molecule has 3 nitrogen and oxygen atoms in total. The Bertz CT molecular complexity index is 377. The highest BCUT2D eigenvalue weighted by Gasteiger charge is 2.14. The number of carbonyl (C=O) groups is 1. The van der Waals surface area contributed by atoms with E-state index in [4.69, 9.17) is 4.74 Å². The van der Waals surface area contributed by atoms with Crippen LogP contribution in [0.15, 0.2) is 23.1 Å². The lowest BCUT2D eigenvalue weighted by Crippen LogP contribution is -2.14. The zero-order chi connectivity index (χ0) is 12.1. The van der Waals surface area contributed by atoms with Crippen molar-refractivity contribution in [3.63, 3.8) is 0 Å². The molecule has 1 aromatic rings. The van der Waals surface area contributed by atoms with Crippen LogP contribution in [0.4, 0.5) is 0 Å². The van der Waals surface area contributed by atoms with Crippen molar-refractivity contribution >= 4 is 18.6 Å². The van der Waals surface area contributed by atoms with Gasteiger partial charge in [-0.05, 0) is 18.6 Å². The number of benzene rings is 1. The first-order valence-corrected chi connectivity index (χ1v) is 5.53. The van der Waals surface area contributed by atoms with E-state index in [0.717, 1.165) is 16.0 Å². The molecule has 0 aliphatic carbocycles. The minimum atomic E-state index is -0.341. The van der Waals surface area contributed by atoms with Crippen LogP contribution in [-0.4, -0.2) is 24.3 Å². The molecule has 0 unspecified atom stereocenters. The Balaban J connectivity index is 2.82. The Kier molecular flexibility index (Phi) is 4.83. The van der Waals surface area contributed by atoms with Crippen LogP contribution in [0, 0.1) is 6.92 Å². The second-order valence-corrected chi connectivity index (χ2v) is 4.23. The average molecular weight is 240 g/mol. The number of ether oxygens (including phenoxy) is 1. The topological polar surface area (TPSA) is 46.5 Å². The second kappa shape index (κ2) is 5.92. The summed E-state index contributed by atoms with van der Waals surface area (Å²) in [4.78, 5) is 11.5. The third-order valence-corrected chi connectivity index (χ3v) is 2.72. The molecule has 0 amide bonds. The van der Waals surface area contributed by atoms with Crippen LogP contribution in [0.3, 0.4) is 0 Å². The molecule has 0 saturated carbocycles. The molecule has 0 aliphatic rings. The van der Waals surface area contributed by atoms with Gasteiger partial charge in [0.1, 0.15) is 6.61 Å². The highest BCUT2D eigenvalue weighted by Crippen LogP contribution is 2.24. The van der Waals surface area contributed by atoms with Crippen molar-refractivity contribution in [1.82, 2.24) is 0 Å². The van der Waals surface area contributed by atoms with Gasteiger partial charge >= 0.3 is 5.97 Å². The lowest BCUT2D eigenvalue weighted by atomic mass is 9.99. The first-order valence-electron chi connectivity index (χ1n) is 5.08. The van der Waals surface area contributed by atoms with E-state index in [2.05, 4.69) is 12.6 Å². The zero-order valence-electron chi connectivity index (χ0n) is 9.43. The normalized spacial score (nSPS) is 12.2. The summed E-state index contributed by atoms with van der Waals surface area (Å²) in [6.07, 6.45) is 0. The van der Waals surface area contributed by atoms with Crippen molar-refractivity contribution in [2.75, 3.05) is 13.2 Å². The van der Waals surface area contributed by atoms with Crippen LogP contribution in [0.5, 0.6) is 0 Å². The molecular weight excluding hydrogens is 224 g/mol. The molecular formula is C12H16O3S. The summed E-state index contributed by atoms with van der Waals surface area (Å²) in [6.45, 7) is 3.45. The van der Waals surface area contributed by atoms with Crippen molar-refractivity contribution < 1.29 is 14.6 Å². The maximum absolute atomic E-state index is 10.7. The summed E-state index contributed by atoms with van der Waals surface area (Å²) in [5.74, 6) is -0.553. The van der Waals surface area contributed by atoms with Gasteiger partial charge in [0.2, 0.25) is 0 Å². The molecule has 0 aliphatic heterocycles. The number of aliphatic hydroxyl groups excluding tert-OH is 1. The maximum Gasteiger partial charge on any atom is 0.302 e. The molecule has 1 N–H and O–H groups in total. The van der Waals surface area contributed by atoms with E-state index in [1.807, 2.05) is 25.1 Å². The Morgan fingerprint density at radius 3 is 2.75 bits per heavy atom. The molecule has 88 valence electrons. The second-order valence-electron chi connectivity index (χ2n) is 3.74. The zero-order valence-corrected chi connectivity index (χ0v) is 10.3. The fourth-order valence-corrected chi connectivity index (χ4v) is 1.92. The number of thiol groups is 1. The summed E-state index contributed by atoms with van der Waals surface area (Å²) < 4.78 is 4.90. The Labute approximate surface area is 101 Å². The summed E-state index contributed by atoms with van der Waals surface area (Å²) in [5.41, 5.74) is 2.01. The fraction of sp³-hybridized carbons (Fsp3) is 0.417. The largest absolute Gasteiger partial charge is 0.465 e. The van der Waals surface area contributed by atoms with Crippen molar-refractivity contribution in [3.05, 3.63) is 29.3 Å². The van der Waals surface area contributed by atoms with Gasteiger partial charge in [-0.3, -0.25) is 4.79 Å². The monoisotopic (exact) mass is 240 g/mol. The van der Waals surface area contributed by atoms with Gasteiger partial charge in [0, 0.05) is 17.7 Å². The predicted octanol–water partition coefficient (Wildman–Crippen LogP) is 1.92. The van der Waals surface area contributed by atoms with Crippen molar-refractivity contribution in [3.8, 4) is 0 Å². The lowest BCUT2D eigenvalue weighted by Gasteiger charge is -2.16. The molecule has 16 heavy (non-hydrogen) atoms. The van der Waals surface area contributed by atoms with E-state index in [1.54, 1.807) is 0 Å². The number of rotatable bonds is 4. The van der Waals surface area contributed by atoms with Crippen molar-refractivity contribution in [2.45, 2.75) is 24.7 Å². The van der Waals surface area contributed by atoms with Gasteiger partial charge in [0.05, 0.1) is 6.61 Å². The SMILES string of the molecule is CC(=O)OC[C@H](CO)c1ccc(C)cc1S. The summed E-state index contributed by atoms with van der Waals surface area (Å²) in [7, 11) is 0. The molecule has 0 spiro atoms. The summed E-state index contributed by atoms with van der Waals surface area (Å²) in [6, 6.07) is 5.78. The first kappa shape index (κ1) is 13.1. The highest BCUT2D eigenvalue weighted by molar-refractivity contribution is 7.80. The molecule has 0 fully saturated rings. The van der Waals surface area contributed by atoms with Gasteiger partial charge in [-0.15, -0.1) is 12.6 Å².